The van der Waals surface area contributed by atoms with Crippen LogP contribution in [0.25, 0.3) is 0 Å². The lowest BCUT2D eigenvalue weighted by Crippen LogP contribution is -2.63. The number of hydrogen-bond donors (Lipinski definition) is 1. The summed E-state index contributed by atoms with van der Waals surface area (Å²) in [6.45, 7) is 2.97. The summed E-state index contributed by atoms with van der Waals surface area (Å²) in [6, 6.07) is 10.2. The molecule has 1 aromatic carbocycles. The number of thioether (sulfide) groups is 1. The van der Waals surface area contributed by atoms with Gasteiger partial charge in [-0.15, -0.1) is 11.8 Å². The van der Waals surface area contributed by atoms with Crippen LogP contribution in [-0.2, 0) is 4.79 Å². The highest BCUT2D eigenvalue weighted by molar-refractivity contribution is 7.99. The highest BCUT2D eigenvalue weighted by atomic mass is 32.2. The number of nitrogens with zero attached hydrogens (tertiary/aromatic N) is 1. The molecule has 0 aromatic heterocycles. The Morgan fingerprint density at radius 2 is 2.05 bits per heavy atom. The van der Waals surface area contributed by atoms with Gasteiger partial charge in [-0.3, -0.25) is 4.79 Å². The number of likely N-dealkylation sites (tertiary alicyclic amines) is 1. The van der Waals surface area contributed by atoms with E-state index in [0.717, 1.165) is 18.6 Å². The summed E-state index contributed by atoms with van der Waals surface area (Å²) in [5, 5.41) is 9.86. The molecule has 3 nitrogen and oxygen atoms in total. The lowest BCUT2D eigenvalue weighted by atomic mass is 9.91. The number of aliphatic hydroxyl groups is 1. The average molecular weight is 279 g/mol. The van der Waals surface area contributed by atoms with Gasteiger partial charge in [-0.2, -0.15) is 0 Å². The van der Waals surface area contributed by atoms with Crippen molar-refractivity contribution in [2.45, 2.75) is 36.7 Å². The molecule has 1 fully saturated rings. The van der Waals surface area contributed by atoms with E-state index in [0.29, 0.717) is 19.5 Å². The minimum absolute atomic E-state index is 0.173. The summed E-state index contributed by atoms with van der Waals surface area (Å²) in [4.78, 5) is 14.9. The van der Waals surface area contributed by atoms with E-state index in [1.54, 1.807) is 16.7 Å². The van der Waals surface area contributed by atoms with Crippen molar-refractivity contribution in [1.29, 1.82) is 0 Å². The molecule has 4 heteroatoms. The summed E-state index contributed by atoms with van der Waals surface area (Å²) in [7, 11) is 0. The van der Waals surface area contributed by atoms with Crippen LogP contribution in [0.15, 0.2) is 35.2 Å². The van der Waals surface area contributed by atoms with Crippen molar-refractivity contribution < 1.29 is 9.90 Å². The Morgan fingerprint density at radius 1 is 1.37 bits per heavy atom. The van der Waals surface area contributed by atoms with Crippen LogP contribution in [-0.4, -0.2) is 40.4 Å². The number of amides is 1. The normalized spacial score (nSPS) is 17.1. The minimum Gasteiger partial charge on any atom is -0.386 e. The molecular formula is C15H21NO2S. The van der Waals surface area contributed by atoms with Crippen molar-refractivity contribution in [3.8, 4) is 0 Å². The minimum atomic E-state index is -0.617. The number of carbonyl (C=O) groups excluding carboxylic acids is 1. The van der Waals surface area contributed by atoms with E-state index in [1.807, 2.05) is 25.1 Å². The van der Waals surface area contributed by atoms with E-state index in [-0.39, 0.29) is 5.91 Å². The zero-order valence-corrected chi connectivity index (χ0v) is 12.2. The maximum atomic E-state index is 11.8. The van der Waals surface area contributed by atoms with Gasteiger partial charge in [0.2, 0.25) is 5.91 Å². The third kappa shape index (κ3) is 3.98. The molecule has 1 aliphatic heterocycles. The third-order valence-electron chi connectivity index (χ3n) is 3.53. The lowest BCUT2D eigenvalue weighted by molar-refractivity contribution is -0.155. The molecule has 1 aliphatic rings. The first-order valence-corrected chi connectivity index (χ1v) is 7.79. The van der Waals surface area contributed by atoms with Crippen molar-refractivity contribution in [3.05, 3.63) is 30.3 Å². The lowest BCUT2D eigenvalue weighted by Gasteiger charge is -2.46. The largest absolute Gasteiger partial charge is 0.386 e. The highest BCUT2D eigenvalue weighted by Gasteiger charge is 2.41. The fourth-order valence-electron chi connectivity index (χ4n) is 2.15. The Balaban J connectivity index is 1.60. The van der Waals surface area contributed by atoms with E-state index in [1.165, 1.54) is 4.90 Å². The van der Waals surface area contributed by atoms with Crippen LogP contribution >= 0.6 is 11.8 Å². The fourth-order valence-corrected chi connectivity index (χ4v) is 3.03. The molecule has 1 heterocycles. The van der Waals surface area contributed by atoms with Gasteiger partial charge >= 0.3 is 0 Å². The summed E-state index contributed by atoms with van der Waals surface area (Å²) in [5.41, 5.74) is -0.617. The van der Waals surface area contributed by atoms with E-state index in [2.05, 4.69) is 12.1 Å². The molecule has 1 saturated heterocycles. The van der Waals surface area contributed by atoms with Gasteiger partial charge in [0, 0.05) is 11.3 Å². The first-order valence-electron chi connectivity index (χ1n) is 6.81. The Morgan fingerprint density at radius 3 is 2.68 bits per heavy atom. The molecular weight excluding hydrogens is 258 g/mol. The molecule has 0 bridgehead atoms. The summed E-state index contributed by atoms with van der Waals surface area (Å²) < 4.78 is 0. The molecule has 0 unspecified atom stereocenters. The average Bonchev–Trinajstić information content (AvgIpc) is 2.41. The molecule has 0 aliphatic carbocycles. The quantitative estimate of drug-likeness (QED) is 0.642. The second kappa shape index (κ2) is 6.44. The second-order valence-corrected chi connectivity index (χ2v) is 6.26. The van der Waals surface area contributed by atoms with Gasteiger partial charge in [-0.1, -0.05) is 25.1 Å². The van der Waals surface area contributed by atoms with Gasteiger partial charge in [0.25, 0.3) is 0 Å². The van der Waals surface area contributed by atoms with Crippen molar-refractivity contribution in [1.82, 2.24) is 4.90 Å². The van der Waals surface area contributed by atoms with E-state index >= 15 is 0 Å². The van der Waals surface area contributed by atoms with Crippen LogP contribution in [0.5, 0.6) is 0 Å². The van der Waals surface area contributed by atoms with Crippen molar-refractivity contribution in [3.63, 3.8) is 0 Å². The predicted octanol–water partition coefficient (Wildman–Crippen LogP) is 2.54. The smallest absolute Gasteiger partial charge is 0.222 e. The molecule has 1 aromatic rings. The highest BCUT2D eigenvalue weighted by Crippen LogP contribution is 2.25. The molecule has 2 rings (SSSR count). The van der Waals surface area contributed by atoms with E-state index in [4.69, 9.17) is 0 Å². The van der Waals surface area contributed by atoms with Crippen LogP contribution in [0.4, 0.5) is 0 Å². The third-order valence-corrected chi connectivity index (χ3v) is 4.63. The van der Waals surface area contributed by atoms with Crippen molar-refractivity contribution in [2.24, 2.45) is 0 Å². The molecule has 0 saturated carbocycles. The first-order chi connectivity index (χ1) is 9.13. The monoisotopic (exact) mass is 279 g/mol. The molecule has 19 heavy (non-hydrogen) atoms. The fraction of sp³-hybridized carbons (Fsp3) is 0.533. The molecule has 0 spiro atoms. The van der Waals surface area contributed by atoms with Gasteiger partial charge in [-0.25, -0.2) is 0 Å². The Kier molecular flexibility index (Phi) is 4.88. The zero-order valence-electron chi connectivity index (χ0n) is 11.3. The topological polar surface area (TPSA) is 40.5 Å². The number of carbonyl (C=O) groups is 1. The van der Waals surface area contributed by atoms with Gasteiger partial charge in [-0.05, 0) is 30.7 Å². The molecule has 1 N–H and O–H groups in total. The van der Waals surface area contributed by atoms with Crippen LogP contribution in [0, 0.1) is 0 Å². The zero-order chi connectivity index (χ0) is 13.7. The van der Waals surface area contributed by atoms with E-state index in [9.17, 15) is 9.90 Å². The second-order valence-electron chi connectivity index (χ2n) is 5.09. The SMILES string of the molecule is CCC1(O)CN(C(=O)CCCSc2ccccc2)C1. The summed E-state index contributed by atoms with van der Waals surface area (Å²) >= 11 is 1.78. The van der Waals surface area contributed by atoms with Crippen molar-refractivity contribution in [2.75, 3.05) is 18.8 Å². The van der Waals surface area contributed by atoms with Crippen LogP contribution in [0.3, 0.4) is 0 Å². The number of rotatable bonds is 6. The van der Waals surface area contributed by atoms with Crippen LogP contribution in [0.2, 0.25) is 0 Å². The predicted molar refractivity (Wildman–Crippen MR) is 78.2 cm³/mol. The van der Waals surface area contributed by atoms with Crippen LogP contribution < -0.4 is 0 Å². The molecule has 1 amide bonds. The van der Waals surface area contributed by atoms with E-state index < -0.39 is 5.60 Å². The number of hydrogen-bond acceptors (Lipinski definition) is 3. The number of benzene rings is 1. The molecule has 104 valence electrons. The maximum absolute atomic E-state index is 11.8. The van der Waals surface area contributed by atoms with Gasteiger partial charge in [0.05, 0.1) is 18.7 Å². The summed E-state index contributed by atoms with van der Waals surface area (Å²) in [5.74, 6) is 1.13. The first kappa shape index (κ1) is 14.4. The Labute approximate surface area is 119 Å². The maximum Gasteiger partial charge on any atom is 0.222 e. The molecule has 0 radical (unpaired) electrons. The Bertz CT molecular complexity index is 415. The van der Waals surface area contributed by atoms with Gasteiger partial charge in [0.1, 0.15) is 0 Å². The van der Waals surface area contributed by atoms with Gasteiger partial charge < -0.3 is 10.0 Å². The standard InChI is InChI=1S/C15H21NO2S/c1-2-15(18)11-16(12-15)14(17)9-6-10-19-13-7-4-3-5-8-13/h3-5,7-8,18H,2,6,9-12H2,1H3. The van der Waals surface area contributed by atoms with Crippen LogP contribution in [0.1, 0.15) is 26.2 Å². The molecule has 0 atom stereocenters. The van der Waals surface area contributed by atoms with Gasteiger partial charge in [0.15, 0.2) is 0 Å². The number of β-amino-alcohol motifs (C(OH)–C–C–N with tert-alkyl or cyclic N) is 1. The Hall–Kier alpha value is -1.00. The summed E-state index contributed by atoms with van der Waals surface area (Å²) in [6.07, 6.45) is 2.19. The van der Waals surface area contributed by atoms with Crippen molar-refractivity contribution >= 4 is 17.7 Å².